The molecule has 1 saturated heterocycles. The Hall–Kier alpha value is -4.24. The van der Waals surface area contributed by atoms with Crippen LogP contribution in [0.15, 0.2) is 73.1 Å². The van der Waals surface area contributed by atoms with Crippen LogP contribution in [0.25, 0.3) is 5.82 Å². The van der Waals surface area contributed by atoms with Crippen molar-refractivity contribution in [1.29, 1.82) is 0 Å². The Labute approximate surface area is 240 Å². The van der Waals surface area contributed by atoms with Crippen LogP contribution < -0.4 is 20.3 Å². The first-order chi connectivity index (χ1) is 19.1. The van der Waals surface area contributed by atoms with E-state index in [1.54, 1.807) is 19.5 Å². The molecular formula is C31H34N6O2S. The first-order valence-corrected chi connectivity index (χ1v) is 13.6. The van der Waals surface area contributed by atoms with E-state index in [1.165, 1.54) is 0 Å². The number of hydrogen-bond acceptors (Lipinski definition) is 5. The summed E-state index contributed by atoms with van der Waals surface area (Å²) in [6, 6.07) is 19.4. The fraction of sp³-hybridized carbons (Fsp3) is 0.290. The standard InChI is InChI=1S/C31H34N6O2S/c1-19-17-22(20(2)36(19)26-12-8-10-16-33-26)28-27(24-11-7-9-15-32-24)35-30(40)37(28)21-13-14-23(25(18-21)39-6)34-29(38)31(3,4)5/h7-18,27-28H,1-6H3,(H,34,38)(H,35,40)/t27-,28+/m1/s1. The molecule has 5 rings (SSSR count). The SMILES string of the molecule is COc1cc(N2C(=S)N[C@H](c3ccccn3)[C@@H]2c2cc(C)n(-c3ccccn3)c2C)ccc1NC(=O)C(C)(C)C. The van der Waals surface area contributed by atoms with Crippen molar-refractivity contribution < 1.29 is 9.53 Å². The third kappa shape index (κ3) is 5.04. The van der Waals surface area contributed by atoms with E-state index >= 15 is 0 Å². The van der Waals surface area contributed by atoms with Crippen molar-refractivity contribution >= 4 is 34.6 Å². The van der Waals surface area contributed by atoms with Crippen molar-refractivity contribution in [1.82, 2.24) is 19.9 Å². The number of carbonyl (C=O) groups is 1. The molecule has 4 aromatic rings. The van der Waals surface area contributed by atoms with E-state index in [4.69, 9.17) is 17.0 Å². The Morgan fingerprint density at radius 2 is 1.75 bits per heavy atom. The lowest BCUT2D eigenvalue weighted by Gasteiger charge is -2.29. The lowest BCUT2D eigenvalue weighted by atomic mass is 9.95. The summed E-state index contributed by atoms with van der Waals surface area (Å²) in [6.45, 7) is 9.82. The number of aryl methyl sites for hydroxylation is 1. The first kappa shape index (κ1) is 27.3. The van der Waals surface area contributed by atoms with Crippen LogP contribution in [0.1, 0.15) is 55.5 Å². The number of hydrogen-bond donors (Lipinski definition) is 2. The molecule has 40 heavy (non-hydrogen) atoms. The van der Waals surface area contributed by atoms with Gasteiger partial charge in [-0.05, 0) is 74.1 Å². The fourth-order valence-corrected chi connectivity index (χ4v) is 5.46. The van der Waals surface area contributed by atoms with Crippen LogP contribution >= 0.6 is 12.2 Å². The molecule has 206 valence electrons. The van der Waals surface area contributed by atoms with Crippen molar-refractivity contribution in [3.05, 3.63) is 95.7 Å². The van der Waals surface area contributed by atoms with Gasteiger partial charge in [-0.15, -0.1) is 0 Å². The number of rotatable bonds is 6. The molecule has 0 radical (unpaired) electrons. The van der Waals surface area contributed by atoms with E-state index in [-0.39, 0.29) is 18.0 Å². The number of anilines is 2. The van der Waals surface area contributed by atoms with Crippen LogP contribution in [0, 0.1) is 19.3 Å². The molecule has 0 saturated carbocycles. The molecular weight excluding hydrogens is 520 g/mol. The normalized spacial score (nSPS) is 17.1. The molecule has 2 atom stereocenters. The summed E-state index contributed by atoms with van der Waals surface area (Å²) in [5.41, 5.74) is 5.04. The molecule has 8 nitrogen and oxygen atoms in total. The van der Waals surface area contributed by atoms with Gasteiger partial charge in [0.2, 0.25) is 5.91 Å². The van der Waals surface area contributed by atoms with Gasteiger partial charge in [-0.25, -0.2) is 4.98 Å². The van der Waals surface area contributed by atoms with Gasteiger partial charge in [0, 0.05) is 41.0 Å². The summed E-state index contributed by atoms with van der Waals surface area (Å²) in [5.74, 6) is 1.32. The van der Waals surface area contributed by atoms with E-state index in [2.05, 4.69) is 50.0 Å². The van der Waals surface area contributed by atoms with Gasteiger partial charge in [0.25, 0.3) is 0 Å². The molecule has 0 aliphatic carbocycles. The van der Waals surface area contributed by atoms with Crippen LogP contribution in [-0.2, 0) is 4.79 Å². The van der Waals surface area contributed by atoms with Crippen molar-refractivity contribution in [3.8, 4) is 11.6 Å². The average Bonchev–Trinajstić information content (AvgIpc) is 3.44. The van der Waals surface area contributed by atoms with Gasteiger partial charge in [-0.2, -0.15) is 0 Å². The minimum Gasteiger partial charge on any atom is -0.494 e. The Morgan fingerprint density at radius 1 is 1.02 bits per heavy atom. The molecule has 9 heteroatoms. The number of ether oxygens (including phenoxy) is 1. The Balaban J connectivity index is 1.62. The Morgan fingerprint density at radius 3 is 2.38 bits per heavy atom. The quantitative estimate of drug-likeness (QED) is 0.281. The fourth-order valence-electron chi connectivity index (χ4n) is 5.12. The number of methoxy groups -OCH3 is 1. The van der Waals surface area contributed by atoms with Crippen molar-refractivity contribution in [2.24, 2.45) is 5.41 Å². The number of nitrogens with zero attached hydrogens (tertiary/aromatic N) is 4. The number of nitrogens with one attached hydrogen (secondary N) is 2. The zero-order valence-corrected chi connectivity index (χ0v) is 24.4. The van der Waals surface area contributed by atoms with Gasteiger partial charge in [-0.1, -0.05) is 32.9 Å². The molecule has 0 spiro atoms. The molecule has 4 heterocycles. The Bertz CT molecular complexity index is 1550. The van der Waals surface area contributed by atoms with Gasteiger partial charge in [-0.3, -0.25) is 9.78 Å². The summed E-state index contributed by atoms with van der Waals surface area (Å²) in [7, 11) is 1.60. The predicted octanol–water partition coefficient (Wildman–Crippen LogP) is 6.05. The molecule has 3 aromatic heterocycles. The van der Waals surface area contributed by atoms with Crippen LogP contribution in [0.3, 0.4) is 0 Å². The second-order valence-electron chi connectivity index (χ2n) is 10.9. The summed E-state index contributed by atoms with van der Waals surface area (Å²) < 4.78 is 7.88. The molecule has 0 bridgehead atoms. The molecule has 0 unspecified atom stereocenters. The lowest BCUT2D eigenvalue weighted by molar-refractivity contribution is -0.123. The molecule has 1 aliphatic rings. The summed E-state index contributed by atoms with van der Waals surface area (Å²) in [6.07, 6.45) is 3.60. The monoisotopic (exact) mass is 554 g/mol. The smallest absolute Gasteiger partial charge is 0.229 e. The number of carbonyl (C=O) groups excluding carboxylic acids is 1. The average molecular weight is 555 g/mol. The summed E-state index contributed by atoms with van der Waals surface area (Å²) in [5, 5.41) is 7.10. The van der Waals surface area contributed by atoms with Crippen LogP contribution in [-0.4, -0.2) is 32.7 Å². The highest BCUT2D eigenvalue weighted by Gasteiger charge is 2.42. The van der Waals surface area contributed by atoms with Crippen molar-refractivity contribution in [2.45, 2.75) is 46.7 Å². The van der Waals surface area contributed by atoms with E-state index in [1.807, 2.05) is 75.4 Å². The minimum absolute atomic E-state index is 0.0908. The van der Waals surface area contributed by atoms with E-state index < -0.39 is 5.41 Å². The van der Waals surface area contributed by atoms with E-state index in [9.17, 15) is 4.79 Å². The number of aromatic nitrogens is 3. The third-order valence-electron chi connectivity index (χ3n) is 7.16. The number of thiocarbonyl (C=S) groups is 1. The van der Waals surface area contributed by atoms with Gasteiger partial charge < -0.3 is 24.8 Å². The highest BCUT2D eigenvalue weighted by molar-refractivity contribution is 7.80. The summed E-state index contributed by atoms with van der Waals surface area (Å²) in [4.78, 5) is 24.1. The van der Waals surface area contributed by atoms with Crippen molar-refractivity contribution in [3.63, 3.8) is 0 Å². The molecule has 1 fully saturated rings. The predicted molar refractivity (Wildman–Crippen MR) is 162 cm³/mol. The van der Waals surface area contributed by atoms with Crippen LogP contribution in [0.5, 0.6) is 5.75 Å². The summed E-state index contributed by atoms with van der Waals surface area (Å²) >= 11 is 5.94. The van der Waals surface area contributed by atoms with E-state index in [0.29, 0.717) is 16.5 Å². The third-order valence-corrected chi connectivity index (χ3v) is 7.47. The van der Waals surface area contributed by atoms with Gasteiger partial charge in [0.15, 0.2) is 5.11 Å². The molecule has 1 amide bonds. The van der Waals surface area contributed by atoms with Crippen LogP contribution in [0.4, 0.5) is 11.4 Å². The molecule has 2 N–H and O–H groups in total. The zero-order chi connectivity index (χ0) is 28.6. The zero-order valence-electron chi connectivity index (χ0n) is 23.6. The van der Waals surface area contributed by atoms with Crippen molar-refractivity contribution in [2.75, 3.05) is 17.3 Å². The Kier molecular flexibility index (Phi) is 7.33. The largest absolute Gasteiger partial charge is 0.494 e. The van der Waals surface area contributed by atoms with Crippen LogP contribution in [0.2, 0.25) is 0 Å². The minimum atomic E-state index is -0.540. The maximum absolute atomic E-state index is 12.7. The second kappa shape index (κ2) is 10.7. The van der Waals surface area contributed by atoms with Gasteiger partial charge >= 0.3 is 0 Å². The maximum atomic E-state index is 12.7. The maximum Gasteiger partial charge on any atom is 0.229 e. The molecule has 1 aromatic carbocycles. The highest BCUT2D eigenvalue weighted by Crippen LogP contribution is 2.45. The first-order valence-electron chi connectivity index (χ1n) is 13.2. The number of amides is 1. The van der Waals surface area contributed by atoms with Gasteiger partial charge in [0.1, 0.15) is 11.6 Å². The second-order valence-corrected chi connectivity index (χ2v) is 11.3. The number of pyridine rings is 2. The van der Waals surface area contributed by atoms with Gasteiger partial charge in [0.05, 0.1) is 30.6 Å². The topological polar surface area (TPSA) is 84.3 Å². The van der Waals surface area contributed by atoms with E-state index in [0.717, 1.165) is 34.2 Å². The number of benzene rings is 1. The molecule has 1 aliphatic heterocycles. The highest BCUT2D eigenvalue weighted by atomic mass is 32.1. The lowest BCUT2D eigenvalue weighted by Crippen LogP contribution is -2.30.